The van der Waals surface area contributed by atoms with Gasteiger partial charge in [0.1, 0.15) is 11.6 Å². The number of benzene rings is 2. The predicted octanol–water partition coefficient (Wildman–Crippen LogP) is 6.05. The van der Waals surface area contributed by atoms with Crippen LogP contribution < -0.4 is 0 Å². The number of thiazole rings is 1. The molecule has 0 saturated heterocycles. The van der Waals surface area contributed by atoms with E-state index in [0.29, 0.717) is 11.5 Å². The SMILES string of the molecule is CC(C)c1ccc(-c2nc(COC(=O)c3ccc(Br)cc3)cs2)cc1. The van der Waals surface area contributed by atoms with Gasteiger partial charge in [-0.1, -0.05) is 54.0 Å². The van der Waals surface area contributed by atoms with Crippen LogP contribution in [-0.2, 0) is 11.3 Å². The second kappa shape index (κ2) is 7.93. The Balaban J connectivity index is 1.63. The number of esters is 1. The highest BCUT2D eigenvalue weighted by molar-refractivity contribution is 9.10. The molecule has 0 aliphatic rings. The van der Waals surface area contributed by atoms with E-state index in [1.54, 1.807) is 23.5 Å². The van der Waals surface area contributed by atoms with Crippen molar-refractivity contribution in [2.75, 3.05) is 0 Å². The largest absolute Gasteiger partial charge is 0.456 e. The molecular weight excluding hydrogens is 398 g/mol. The summed E-state index contributed by atoms with van der Waals surface area (Å²) in [5.41, 5.74) is 3.69. The Kier molecular flexibility index (Phi) is 5.66. The van der Waals surface area contributed by atoms with Crippen LogP contribution in [0.4, 0.5) is 0 Å². The molecule has 128 valence electrons. The van der Waals surface area contributed by atoms with Crippen molar-refractivity contribution in [2.45, 2.75) is 26.4 Å². The van der Waals surface area contributed by atoms with E-state index in [1.165, 1.54) is 5.56 Å². The van der Waals surface area contributed by atoms with E-state index in [0.717, 1.165) is 20.7 Å². The highest BCUT2D eigenvalue weighted by Crippen LogP contribution is 2.26. The molecule has 5 heteroatoms. The van der Waals surface area contributed by atoms with E-state index in [2.05, 4.69) is 59.0 Å². The summed E-state index contributed by atoms with van der Waals surface area (Å²) in [6.45, 7) is 4.53. The van der Waals surface area contributed by atoms with Gasteiger partial charge in [-0.25, -0.2) is 9.78 Å². The Morgan fingerprint density at radius 1 is 1.12 bits per heavy atom. The molecule has 0 unspecified atom stereocenters. The topological polar surface area (TPSA) is 39.2 Å². The van der Waals surface area contributed by atoms with Crippen molar-refractivity contribution >= 4 is 33.2 Å². The predicted molar refractivity (Wildman–Crippen MR) is 105 cm³/mol. The minimum Gasteiger partial charge on any atom is -0.456 e. The fraction of sp³-hybridized carbons (Fsp3) is 0.200. The number of nitrogens with zero attached hydrogens (tertiary/aromatic N) is 1. The van der Waals surface area contributed by atoms with Crippen LogP contribution in [0.5, 0.6) is 0 Å². The molecule has 3 nitrogen and oxygen atoms in total. The second-order valence-corrected chi connectivity index (χ2v) is 7.78. The second-order valence-electron chi connectivity index (χ2n) is 6.00. The summed E-state index contributed by atoms with van der Waals surface area (Å²) >= 11 is 4.90. The van der Waals surface area contributed by atoms with Crippen molar-refractivity contribution in [2.24, 2.45) is 0 Å². The van der Waals surface area contributed by atoms with Crippen LogP contribution in [0.15, 0.2) is 58.4 Å². The van der Waals surface area contributed by atoms with E-state index in [4.69, 9.17) is 4.74 Å². The molecule has 0 N–H and O–H groups in total. The quantitative estimate of drug-likeness (QED) is 0.475. The van der Waals surface area contributed by atoms with Crippen molar-refractivity contribution in [3.63, 3.8) is 0 Å². The van der Waals surface area contributed by atoms with Crippen LogP contribution in [-0.4, -0.2) is 11.0 Å². The van der Waals surface area contributed by atoms with Gasteiger partial charge < -0.3 is 4.74 Å². The Hall–Kier alpha value is -1.98. The Bertz CT molecular complexity index is 854. The molecule has 0 atom stereocenters. The fourth-order valence-electron chi connectivity index (χ4n) is 2.33. The Morgan fingerprint density at radius 2 is 1.80 bits per heavy atom. The van der Waals surface area contributed by atoms with Crippen molar-refractivity contribution < 1.29 is 9.53 Å². The molecular formula is C20H18BrNO2S. The zero-order chi connectivity index (χ0) is 17.8. The van der Waals surface area contributed by atoms with Gasteiger partial charge in [0.15, 0.2) is 0 Å². The summed E-state index contributed by atoms with van der Waals surface area (Å²) in [6.07, 6.45) is 0. The van der Waals surface area contributed by atoms with E-state index in [-0.39, 0.29) is 12.6 Å². The average Bonchev–Trinajstić information content (AvgIpc) is 3.09. The molecule has 0 radical (unpaired) electrons. The highest BCUT2D eigenvalue weighted by atomic mass is 79.9. The van der Waals surface area contributed by atoms with Gasteiger partial charge in [0.05, 0.1) is 11.3 Å². The maximum Gasteiger partial charge on any atom is 0.338 e. The smallest absolute Gasteiger partial charge is 0.338 e. The molecule has 1 aromatic heterocycles. The molecule has 2 aromatic carbocycles. The molecule has 1 heterocycles. The van der Waals surface area contributed by atoms with Crippen molar-refractivity contribution in [1.82, 2.24) is 4.98 Å². The van der Waals surface area contributed by atoms with Crippen LogP contribution >= 0.6 is 27.3 Å². The first kappa shape index (κ1) is 17.8. The van der Waals surface area contributed by atoms with E-state index in [1.807, 2.05) is 17.5 Å². The van der Waals surface area contributed by atoms with Crippen LogP contribution in [0.1, 0.15) is 41.4 Å². The fourth-order valence-corrected chi connectivity index (χ4v) is 3.40. The summed E-state index contributed by atoms with van der Waals surface area (Å²) in [4.78, 5) is 16.6. The first-order valence-electron chi connectivity index (χ1n) is 8.00. The third-order valence-electron chi connectivity index (χ3n) is 3.81. The molecule has 3 aromatic rings. The lowest BCUT2D eigenvalue weighted by atomic mass is 10.0. The van der Waals surface area contributed by atoms with Crippen LogP contribution in [0.25, 0.3) is 10.6 Å². The molecule has 0 aliphatic heterocycles. The summed E-state index contributed by atoms with van der Waals surface area (Å²) in [5.74, 6) is 0.169. The molecule has 25 heavy (non-hydrogen) atoms. The van der Waals surface area contributed by atoms with Gasteiger partial charge in [-0.3, -0.25) is 0 Å². The van der Waals surface area contributed by atoms with Gasteiger partial charge in [-0.05, 0) is 35.7 Å². The average molecular weight is 416 g/mol. The van der Waals surface area contributed by atoms with Gasteiger partial charge in [-0.2, -0.15) is 0 Å². The zero-order valence-corrected chi connectivity index (χ0v) is 16.4. The standard InChI is InChI=1S/C20H18BrNO2S/c1-13(2)14-3-5-15(6-4-14)19-22-18(12-25-19)11-24-20(23)16-7-9-17(21)10-8-16/h3-10,12-13H,11H2,1-2H3. The van der Waals surface area contributed by atoms with Crippen molar-refractivity contribution in [3.05, 3.63) is 75.2 Å². The third-order valence-corrected chi connectivity index (χ3v) is 5.28. The summed E-state index contributed by atoms with van der Waals surface area (Å²) < 4.78 is 6.27. The van der Waals surface area contributed by atoms with Gasteiger partial charge in [0.25, 0.3) is 0 Å². The number of rotatable bonds is 5. The number of ether oxygens (including phenoxy) is 1. The normalized spacial score (nSPS) is 10.9. The molecule has 0 aliphatic carbocycles. The first-order valence-corrected chi connectivity index (χ1v) is 9.67. The number of carbonyl (C=O) groups excluding carboxylic acids is 1. The molecule has 0 bridgehead atoms. The van der Waals surface area contributed by atoms with Crippen molar-refractivity contribution in [3.8, 4) is 10.6 Å². The number of hydrogen-bond acceptors (Lipinski definition) is 4. The van der Waals surface area contributed by atoms with E-state index in [9.17, 15) is 4.79 Å². The summed E-state index contributed by atoms with van der Waals surface area (Å²) in [6, 6.07) is 15.5. The maximum atomic E-state index is 12.0. The number of hydrogen-bond donors (Lipinski definition) is 0. The molecule has 3 rings (SSSR count). The maximum absolute atomic E-state index is 12.0. The third kappa shape index (κ3) is 4.55. The lowest BCUT2D eigenvalue weighted by Crippen LogP contribution is -2.05. The van der Waals surface area contributed by atoms with Gasteiger partial charge in [-0.15, -0.1) is 11.3 Å². The lowest BCUT2D eigenvalue weighted by molar-refractivity contribution is 0.0468. The number of aromatic nitrogens is 1. The molecule has 0 amide bonds. The highest BCUT2D eigenvalue weighted by Gasteiger charge is 2.10. The van der Waals surface area contributed by atoms with E-state index >= 15 is 0 Å². The summed E-state index contributed by atoms with van der Waals surface area (Å²) in [5, 5.41) is 2.87. The van der Waals surface area contributed by atoms with Crippen LogP contribution in [0, 0.1) is 0 Å². The molecule has 0 saturated carbocycles. The van der Waals surface area contributed by atoms with Gasteiger partial charge >= 0.3 is 5.97 Å². The Morgan fingerprint density at radius 3 is 2.44 bits per heavy atom. The monoisotopic (exact) mass is 415 g/mol. The molecule has 0 fully saturated rings. The lowest BCUT2D eigenvalue weighted by Gasteiger charge is -2.05. The minimum atomic E-state index is -0.344. The summed E-state index contributed by atoms with van der Waals surface area (Å²) in [7, 11) is 0. The van der Waals surface area contributed by atoms with Crippen molar-refractivity contribution in [1.29, 1.82) is 0 Å². The molecule has 0 spiro atoms. The van der Waals surface area contributed by atoms with Crippen LogP contribution in [0.2, 0.25) is 0 Å². The zero-order valence-electron chi connectivity index (χ0n) is 14.0. The van der Waals surface area contributed by atoms with E-state index < -0.39 is 0 Å². The van der Waals surface area contributed by atoms with Crippen LogP contribution in [0.3, 0.4) is 0 Å². The number of carbonyl (C=O) groups is 1. The van der Waals surface area contributed by atoms with Gasteiger partial charge in [0.2, 0.25) is 0 Å². The number of halogens is 1. The minimum absolute atomic E-state index is 0.176. The van der Waals surface area contributed by atoms with Gasteiger partial charge in [0, 0.05) is 15.4 Å². The Labute approximate surface area is 159 Å². The first-order chi connectivity index (χ1) is 12.0.